The number of allylic oxidation sites excluding steroid dienone is 1. The molecule has 5 aliphatic heterocycles. The first-order valence-corrected chi connectivity index (χ1v) is 24.5. The number of likely N-dealkylation sites (N-methyl/N-ethyl adjacent to an activating group) is 1. The van der Waals surface area contributed by atoms with Crippen molar-refractivity contribution in [1.82, 2.24) is 15.2 Å². The second kappa shape index (κ2) is 20.6. The van der Waals surface area contributed by atoms with Gasteiger partial charge in [-0.3, -0.25) is 4.79 Å². The molecule has 3 fully saturated rings. The lowest BCUT2D eigenvalue weighted by Crippen LogP contribution is -2.57. The first-order chi connectivity index (χ1) is 34.7. The van der Waals surface area contributed by atoms with Crippen LogP contribution in [-0.2, 0) is 39.6 Å². The minimum atomic E-state index is -1.55. The van der Waals surface area contributed by atoms with E-state index in [-0.39, 0.29) is 70.6 Å². The van der Waals surface area contributed by atoms with E-state index in [2.05, 4.69) is 34.0 Å². The van der Waals surface area contributed by atoms with Gasteiger partial charge in [0, 0.05) is 47.6 Å². The highest BCUT2D eigenvalue weighted by Gasteiger charge is 2.70. The Hall–Kier alpha value is -5.68. The number of epoxide rings is 1. The molecular formula is C53H60ClN3O16. The highest BCUT2D eigenvalue weighted by molar-refractivity contribution is 6.30. The number of esters is 1. The number of aromatic nitrogens is 1. The predicted octanol–water partition coefficient (Wildman–Crippen LogP) is 3.51. The number of carbonyl (C=O) groups excluding carboxylic acids is 2. The minimum Gasteiger partial charge on any atom is -0.507 e. The van der Waals surface area contributed by atoms with Gasteiger partial charge in [-0.2, -0.15) is 0 Å². The smallest absolute Gasteiger partial charge is 0.329 e. The van der Waals surface area contributed by atoms with Crippen molar-refractivity contribution in [3.05, 3.63) is 70.0 Å². The number of amides is 1. The van der Waals surface area contributed by atoms with Gasteiger partial charge >= 0.3 is 5.97 Å². The topological polar surface area (TPSA) is 239 Å². The molecule has 5 N–H and O–H groups in total. The fraction of sp³-hybridized carbons (Fsp3) is 0.528. The maximum absolute atomic E-state index is 14.5. The summed E-state index contributed by atoms with van der Waals surface area (Å²) in [5, 5.41) is 48.0. The molecule has 2 aromatic carbocycles. The van der Waals surface area contributed by atoms with E-state index in [1.54, 1.807) is 31.2 Å². The first kappa shape index (κ1) is 52.2. The number of phenolic OH excluding ortho intramolecular Hbond substituents is 1. The van der Waals surface area contributed by atoms with Gasteiger partial charge in [0.1, 0.15) is 42.8 Å². The average molecular weight is 1030 g/mol. The van der Waals surface area contributed by atoms with Crippen molar-refractivity contribution in [1.29, 1.82) is 0 Å². The molecule has 1 aromatic heterocycles. The van der Waals surface area contributed by atoms with Gasteiger partial charge in [0.2, 0.25) is 5.75 Å². The van der Waals surface area contributed by atoms with Crippen LogP contribution >= 0.6 is 11.6 Å². The number of ether oxygens (including phenoxy) is 10. The van der Waals surface area contributed by atoms with Gasteiger partial charge in [-0.25, -0.2) is 9.78 Å². The van der Waals surface area contributed by atoms with Crippen molar-refractivity contribution in [2.75, 3.05) is 34.9 Å². The highest BCUT2D eigenvalue weighted by Crippen LogP contribution is 2.54. The van der Waals surface area contributed by atoms with Gasteiger partial charge in [-0.15, -0.1) is 0 Å². The van der Waals surface area contributed by atoms with Crippen molar-refractivity contribution in [3.8, 4) is 52.4 Å². The Morgan fingerprint density at radius 2 is 1.78 bits per heavy atom. The van der Waals surface area contributed by atoms with E-state index in [1.807, 2.05) is 39.8 Å². The first-order valence-electron chi connectivity index (χ1n) is 24.1. The number of rotatable bonds is 11. The Morgan fingerprint density at radius 3 is 2.47 bits per heavy atom. The molecule has 5 bridgehead atoms. The molecule has 6 heterocycles. The zero-order chi connectivity index (χ0) is 52.3. The normalized spacial score (nSPS) is 34.3. The number of benzene rings is 2. The number of hydrogen-bond donors (Lipinski definition) is 5. The van der Waals surface area contributed by atoms with Gasteiger partial charge in [0.05, 0.1) is 55.8 Å². The van der Waals surface area contributed by atoms with Crippen molar-refractivity contribution >= 4 is 34.2 Å². The van der Waals surface area contributed by atoms with Crippen LogP contribution < -0.4 is 24.3 Å². The average Bonchev–Trinajstić information content (AvgIpc) is 3.95. The number of nitrogens with one attached hydrogen (secondary N) is 1. The van der Waals surface area contributed by atoms with Crippen LogP contribution in [0.2, 0.25) is 5.15 Å². The Bertz CT molecular complexity index is 2840. The van der Waals surface area contributed by atoms with E-state index in [4.69, 9.17) is 59.0 Å². The van der Waals surface area contributed by atoms with Crippen LogP contribution in [0.4, 0.5) is 0 Å². The van der Waals surface area contributed by atoms with E-state index in [1.165, 1.54) is 39.4 Å². The third-order valence-corrected chi connectivity index (χ3v) is 14.1. The minimum absolute atomic E-state index is 0.0664. The van der Waals surface area contributed by atoms with Gasteiger partial charge in [-0.05, 0) is 90.5 Å². The van der Waals surface area contributed by atoms with Crippen LogP contribution in [0.3, 0.4) is 0 Å². The van der Waals surface area contributed by atoms with E-state index in [0.717, 1.165) is 0 Å². The number of phenols is 1. The summed E-state index contributed by atoms with van der Waals surface area (Å²) in [6, 6.07) is 5.81. The Balaban J connectivity index is 1.09. The largest absolute Gasteiger partial charge is 0.507 e. The molecule has 2 aliphatic carbocycles. The third kappa shape index (κ3) is 10.3. The molecule has 390 valence electrons. The maximum atomic E-state index is 14.5. The lowest BCUT2D eigenvalue weighted by molar-refractivity contribution is -0.290. The number of fused-ring (bicyclic) bond motifs is 8. The number of aliphatic hydroxyl groups excluding tert-OH is 2. The van der Waals surface area contributed by atoms with Crippen LogP contribution in [0.25, 0.3) is 10.8 Å². The van der Waals surface area contributed by atoms with Crippen molar-refractivity contribution < 1.29 is 77.4 Å². The second-order valence-corrected chi connectivity index (χ2v) is 20.1. The molecule has 3 aromatic rings. The number of aromatic hydroxyl groups is 1. The molecule has 0 saturated carbocycles. The molecule has 0 radical (unpaired) electrons. The fourth-order valence-electron chi connectivity index (χ4n) is 10.3. The summed E-state index contributed by atoms with van der Waals surface area (Å²) in [4.78, 5) is 35.3. The highest BCUT2D eigenvalue weighted by atomic mass is 35.5. The van der Waals surface area contributed by atoms with Crippen LogP contribution in [-0.4, -0.2) is 168 Å². The molecule has 1 spiro atoms. The van der Waals surface area contributed by atoms with Crippen molar-refractivity contribution in [2.45, 2.75) is 145 Å². The van der Waals surface area contributed by atoms with E-state index in [9.17, 15) is 30.0 Å². The van der Waals surface area contributed by atoms with Crippen LogP contribution in [0, 0.1) is 23.7 Å². The molecule has 73 heavy (non-hydrogen) atoms. The lowest BCUT2D eigenvalue weighted by atomic mass is 9.88. The molecule has 3 saturated heterocycles. The van der Waals surface area contributed by atoms with E-state index >= 15 is 0 Å². The third-order valence-electron chi connectivity index (χ3n) is 13.8. The number of methoxy groups -OCH3 is 2. The number of nitrogens with zero attached hydrogens (tertiary/aromatic N) is 2. The molecule has 13 unspecified atom stereocenters. The lowest BCUT2D eigenvalue weighted by Gasteiger charge is -2.43. The second-order valence-electron chi connectivity index (χ2n) is 19.7. The summed E-state index contributed by atoms with van der Waals surface area (Å²) in [7, 11) is 6.58. The summed E-state index contributed by atoms with van der Waals surface area (Å²) in [5.41, 5.74) is -2.05. The summed E-state index contributed by atoms with van der Waals surface area (Å²) in [6.45, 7) is 8.20. The molecule has 7 aliphatic rings. The summed E-state index contributed by atoms with van der Waals surface area (Å²) in [6.07, 6.45) is -6.35. The molecule has 10 rings (SSSR count). The van der Waals surface area contributed by atoms with Crippen molar-refractivity contribution in [3.63, 3.8) is 0 Å². The molecule has 1 amide bonds. The Kier molecular flexibility index (Phi) is 14.7. The maximum Gasteiger partial charge on any atom is 0.329 e. The van der Waals surface area contributed by atoms with Crippen LogP contribution in [0.5, 0.6) is 28.7 Å². The van der Waals surface area contributed by atoms with Gasteiger partial charge in [0.25, 0.3) is 5.91 Å². The molecular weight excluding hydrogens is 970 g/mol. The SMILES string of the molecule is COc1c(OC(C)C)cc2cc(O)c(C(=O)NC3Cc4ccc(c(Cl)n4)O[C@@H]4C=C5C#C/C(=C\C#CC6OC56C4OC4CC(C)(O)C(O)C(C)O4)C(OC4CC(O)C(N(C)C)C(C)O4)COC3=O)cc2c1OC. The Morgan fingerprint density at radius 1 is 1.03 bits per heavy atom. The summed E-state index contributed by atoms with van der Waals surface area (Å²) in [5.74, 6) is 11.4. The Labute approximate surface area is 427 Å². The predicted molar refractivity (Wildman–Crippen MR) is 261 cm³/mol. The number of hydrogen-bond acceptors (Lipinski definition) is 18. The quantitative estimate of drug-likeness (QED) is 0.0800. The fourth-order valence-corrected chi connectivity index (χ4v) is 10.5. The number of pyridine rings is 1. The van der Waals surface area contributed by atoms with Crippen LogP contribution in [0.15, 0.2) is 53.6 Å². The monoisotopic (exact) mass is 1030 g/mol. The van der Waals surface area contributed by atoms with E-state index < -0.39 is 103 Å². The van der Waals surface area contributed by atoms with Crippen molar-refractivity contribution in [2.24, 2.45) is 0 Å². The standard InChI is InChI=1S/C53H60ClN3O16/c1-25(2)67-38-18-29-17-35(58)33(21-32(29)45(64-8)46(38)65-9)50(61)56-34-20-31-15-16-37(49(54)55-31)70-39-19-30-14-13-28(40(24-66-51(34)62)71-42-22-36(59)44(57(6)7)26(3)68-42)11-10-12-41-53(30,73-41)48(39)72-43-23-52(5,63)47(60)27(4)69-43/h11,15-19,21,25-27,34,36,39-44,47-48,58-60,63H,20,22-24H2,1-9H3,(H,56,61)/b28-11+/t26?,27?,34?,36?,39-,40?,41?,42?,43?,44?,47?,48?,52?,53?/m1/s1. The molecule has 19 nitrogen and oxygen atoms in total. The van der Waals surface area contributed by atoms with Gasteiger partial charge in [0.15, 0.2) is 46.7 Å². The summed E-state index contributed by atoms with van der Waals surface area (Å²) >= 11 is 6.86. The van der Waals surface area contributed by atoms with E-state index in [0.29, 0.717) is 22.1 Å². The molecule has 20 heteroatoms. The van der Waals surface area contributed by atoms with Crippen LogP contribution in [0.1, 0.15) is 63.5 Å². The molecule has 14 atom stereocenters. The number of aliphatic hydroxyl groups is 3. The van der Waals surface area contributed by atoms with Gasteiger partial charge in [-0.1, -0.05) is 35.3 Å². The zero-order valence-electron chi connectivity index (χ0n) is 41.8. The van der Waals surface area contributed by atoms with Gasteiger partial charge < -0.3 is 78.0 Å². The number of carbonyl (C=O) groups is 2. The summed E-state index contributed by atoms with van der Waals surface area (Å²) < 4.78 is 61.9. The zero-order valence-corrected chi connectivity index (χ0v) is 42.6. The number of halogens is 1.